The molecule has 0 bridgehead atoms. The van der Waals surface area contributed by atoms with Crippen molar-refractivity contribution in [1.29, 1.82) is 0 Å². The number of ether oxygens (including phenoxy) is 2. The fraction of sp³-hybridized carbons (Fsp3) is 0.286. The Morgan fingerprint density at radius 3 is 2.40 bits per heavy atom. The summed E-state index contributed by atoms with van der Waals surface area (Å²) < 4.78 is 10.2. The van der Waals surface area contributed by atoms with Gasteiger partial charge in [0, 0.05) is 18.7 Å². The molecule has 2 amide bonds. The largest absolute Gasteiger partial charge is 0.493 e. The zero-order chi connectivity index (χ0) is 15.0. The Hall–Kier alpha value is -2.50. The molecule has 0 saturated carbocycles. The quantitative estimate of drug-likeness (QED) is 0.569. The van der Waals surface area contributed by atoms with Gasteiger partial charge in [0.25, 0.3) is 5.91 Å². The van der Waals surface area contributed by atoms with Crippen molar-refractivity contribution in [2.24, 2.45) is 0 Å². The van der Waals surface area contributed by atoms with E-state index in [9.17, 15) is 9.59 Å². The minimum absolute atomic E-state index is 0.251. The maximum atomic E-state index is 11.9. The van der Waals surface area contributed by atoms with Gasteiger partial charge in [-0.3, -0.25) is 9.59 Å². The molecule has 0 radical (unpaired) electrons. The second-order valence-electron chi connectivity index (χ2n) is 3.82. The molecular weight excluding hydrogens is 260 g/mol. The lowest BCUT2D eigenvalue weighted by Crippen LogP contribution is -2.33. The topological polar surface area (TPSA) is 76.7 Å². The van der Waals surface area contributed by atoms with Gasteiger partial charge in [-0.05, 0) is 24.3 Å². The molecule has 0 saturated heterocycles. The number of hydrogen-bond acceptors (Lipinski definition) is 4. The molecule has 0 aliphatic carbocycles. The number of amides is 2. The number of hydrogen-bond donors (Lipinski definition) is 2. The van der Waals surface area contributed by atoms with Crippen molar-refractivity contribution in [3.63, 3.8) is 0 Å². The van der Waals surface area contributed by atoms with Crippen LogP contribution in [-0.4, -0.2) is 39.1 Å². The van der Waals surface area contributed by atoms with Crippen molar-refractivity contribution >= 4 is 11.8 Å². The Bertz CT molecular complexity index is 500. The lowest BCUT2D eigenvalue weighted by Gasteiger charge is -2.10. The molecule has 0 aromatic heterocycles. The Labute approximate surface area is 117 Å². The highest BCUT2D eigenvalue weighted by molar-refractivity contribution is 5.95. The van der Waals surface area contributed by atoms with Crippen LogP contribution in [0.5, 0.6) is 11.5 Å². The summed E-state index contributed by atoms with van der Waals surface area (Å²) in [5.74, 6) is 0.520. The lowest BCUT2D eigenvalue weighted by molar-refractivity contribution is -0.116. The standard InChI is InChI=1S/C14H18N2O4/c1-4-13(17)15-7-8-16-14(18)10-5-6-11(19-2)12(9-10)20-3/h4-6,9H,1,7-8H2,2-3H3,(H,15,17)(H,16,18). The predicted molar refractivity (Wildman–Crippen MR) is 75.1 cm³/mol. The van der Waals surface area contributed by atoms with Crippen LogP contribution in [0, 0.1) is 0 Å². The van der Waals surface area contributed by atoms with Gasteiger partial charge < -0.3 is 20.1 Å². The first-order chi connectivity index (χ1) is 9.62. The molecule has 108 valence electrons. The summed E-state index contributed by atoms with van der Waals surface area (Å²) in [6, 6.07) is 4.89. The third-order valence-corrected chi connectivity index (χ3v) is 2.54. The van der Waals surface area contributed by atoms with Gasteiger partial charge in [0.1, 0.15) is 0 Å². The van der Waals surface area contributed by atoms with Crippen LogP contribution in [0.2, 0.25) is 0 Å². The van der Waals surface area contributed by atoms with Gasteiger partial charge in [-0.2, -0.15) is 0 Å². The molecule has 0 aliphatic heterocycles. The number of carbonyl (C=O) groups excluding carboxylic acids is 2. The van der Waals surface area contributed by atoms with E-state index in [-0.39, 0.29) is 11.8 Å². The second-order valence-corrected chi connectivity index (χ2v) is 3.82. The van der Waals surface area contributed by atoms with Gasteiger partial charge >= 0.3 is 0 Å². The third-order valence-electron chi connectivity index (χ3n) is 2.54. The number of rotatable bonds is 7. The summed E-state index contributed by atoms with van der Waals surface area (Å²) in [6.45, 7) is 4.00. The molecule has 0 atom stereocenters. The highest BCUT2D eigenvalue weighted by Gasteiger charge is 2.10. The number of benzene rings is 1. The number of nitrogens with one attached hydrogen (secondary N) is 2. The first-order valence-electron chi connectivity index (χ1n) is 6.03. The molecular formula is C14H18N2O4. The van der Waals surface area contributed by atoms with E-state index >= 15 is 0 Å². The van der Waals surface area contributed by atoms with Crippen LogP contribution in [-0.2, 0) is 4.79 Å². The van der Waals surface area contributed by atoms with Crippen molar-refractivity contribution in [2.75, 3.05) is 27.3 Å². The molecule has 0 unspecified atom stereocenters. The summed E-state index contributed by atoms with van der Waals surface area (Å²) >= 11 is 0. The Balaban J connectivity index is 2.55. The minimum atomic E-state index is -0.273. The molecule has 0 fully saturated rings. The molecule has 1 aromatic carbocycles. The molecule has 1 rings (SSSR count). The zero-order valence-electron chi connectivity index (χ0n) is 11.6. The van der Waals surface area contributed by atoms with Crippen molar-refractivity contribution in [1.82, 2.24) is 10.6 Å². The van der Waals surface area contributed by atoms with Crippen LogP contribution in [0.1, 0.15) is 10.4 Å². The third kappa shape index (κ3) is 4.31. The van der Waals surface area contributed by atoms with Crippen LogP contribution in [0.15, 0.2) is 30.9 Å². The molecule has 0 spiro atoms. The molecule has 2 N–H and O–H groups in total. The van der Waals surface area contributed by atoms with E-state index in [1.807, 2.05) is 0 Å². The summed E-state index contributed by atoms with van der Waals surface area (Å²) in [5, 5.41) is 5.25. The van der Waals surface area contributed by atoms with E-state index in [2.05, 4.69) is 17.2 Å². The lowest BCUT2D eigenvalue weighted by atomic mass is 10.2. The monoisotopic (exact) mass is 278 g/mol. The van der Waals surface area contributed by atoms with Crippen molar-refractivity contribution < 1.29 is 19.1 Å². The fourth-order valence-electron chi connectivity index (χ4n) is 1.51. The maximum Gasteiger partial charge on any atom is 0.251 e. The smallest absolute Gasteiger partial charge is 0.251 e. The highest BCUT2D eigenvalue weighted by atomic mass is 16.5. The summed E-state index contributed by atoms with van der Waals surface area (Å²) in [6.07, 6.45) is 1.18. The van der Waals surface area contributed by atoms with Crippen LogP contribution in [0.4, 0.5) is 0 Å². The zero-order valence-corrected chi connectivity index (χ0v) is 11.6. The summed E-state index contributed by atoms with van der Waals surface area (Å²) in [5.41, 5.74) is 0.456. The average molecular weight is 278 g/mol. The second kappa shape index (κ2) is 7.83. The van der Waals surface area contributed by atoms with E-state index in [0.717, 1.165) is 0 Å². The first-order valence-corrected chi connectivity index (χ1v) is 6.03. The molecule has 6 heteroatoms. The SMILES string of the molecule is C=CC(=O)NCCNC(=O)c1ccc(OC)c(OC)c1. The average Bonchev–Trinajstić information content (AvgIpc) is 2.50. The van der Waals surface area contributed by atoms with Gasteiger partial charge in [-0.15, -0.1) is 0 Å². The van der Waals surface area contributed by atoms with Gasteiger partial charge in [0.05, 0.1) is 14.2 Å². The summed E-state index contributed by atoms with van der Waals surface area (Å²) in [7, 11) is 3.03. The van der Waals surface area contributed by atoms with Gasteiger partial charge in [-0.25, -0.2) is 0 Å². The first kappa shape index (κ1) is 15.6. The van der Waals surface area contributed by atoms with Crippen LogP contribution in [0.25, 0.3) is 0 Å². The Morgan fingerprint density at radius 1 is 1.15 bits per heavy atom. The van der Waals surface area contributed by atoms with Crippen LogP contribution in [0.3, 0.4) is 0 Å². The van der Waals surface area contributed by atoms with Crippen molar-refractivity contribution in [3.8, 4) is 11.5 Å². The van der Waals surface area contributed by atoms with Gasteiger partial charge in [0.15, 0.2) is 11.5 Å². The Kier molecular flexibility index (Phi) is 6.09. The number of methoxy groups -OCH3 is 2. The predicted octanol–water partition coefficient (Wildman–Crippen LogP) is 0.736. The van der Waals surface area contributed by atoms with E-state index in [1.165, 1.54) is 20.3 Å². The highest BCUT2D eigenvalue weighted by Crippen LogP contribution is 2.27. The minimum Gasteiger partial charge on any atom is -0.493 e. The van der Waals surface area contributed by atoms with Crippen molar-refractivity contribution in [2.45, 2.75) is 0 Å². The van der Waals surface area contributed by atoms with Crippen LogP contribution >= 0.6 is 0 Å². The van der Waals surface area contributed by atoms with E-state index < -0.39 is 0 Å². The Morgan fingerprint density at radius 2 is 1.80 bits per heavy atom. The number of carbonyl (C=O) groups is 2. The van der Waals surface area contributed by atoms with E-state index in [1.54, 1.807) is 18.2 Å². The van der Waals surface area contributed by atoms with Gasteiger partial charge in [-0.1, -0.05) is 6.58 Å². The fourth-order valence-corrected chi connectivity index (χ4v) is 1.51. The van der Waals surface area contributed by atoms with Crippen LogP contribution < -0.4 is 20.1 Å². The summed E-state index contributed by atoms with van der Waals surface area (Å²) in [4.78, 5) is 22.8. The normalized spacial score (nSPS) is 9.50. The van der Waals surface area contributed by atoms with Gasteiger partial charge in [0.2, 0.25) is 5.91 Å². The molecule has 6 nitrogen and oxygen atoms in total. The van der Waals surface area contributed by atoms with E-state index in [4.69, 9.17) is 9.47 Å². The molecule has 20 heavy (non-hydrogen) atoms. The van der Waals surface area contributed by atoms with Crippen molar-refractivity contribution in [3.05, 3.63) is 36.4 Å². The molecule has 0 heterocycles. The van der Waals surface area contributed by atoms with E-state index in [0.29, 0.717) is 30.2 Å². The molecule has 1 aromatic rings. The molecule has 0 aliphatic rings. The maximum absolute atomic E-state index is 11.9.